The summed E-state index contributed by atoms with van der Waals surface area (Å²) in [5.41, 5.74) is -0.875. The first-order valence-electron chi connectivity index (χ1n) is 9.93. The van der Waals surface area contributed by atoms with E-state index in [1.807, 2.05) is 0 Å². The molecule has 0 saturated heterocycles. The number of fused-ring (bicyclic) bond motifs is 1. The Hall–Kier alpha value is -4.34. The topological polar surface area (TPSA) is 102 Å². The Morgan fingerprint density at radius 2 is 1.68 bits per heavy atom. The number of nitrogens with one attached hydrogen (secondary N) is 1. The highest BCUT2D eigenvalue weighted by molar-refractivity contribution is 6.45. The van der Waals surface area contributed by atoms with Crippen LogP contribution in [0.15, 0.2) is 73.1 Å². The van der Waals surface area contributed by atoms with Gasteiger partial charge < -0.3 is 10.1 Å². The van der Waals surface area contributed by atoms with E-state index in [9.17, 15) is 32.3 Å². The van der Waals surface area contributed by atoms with Crippen molar-refractivity contribution in [3.63, 3.8) is 0 Å². The summed E-state index contributed by atoms with van der Waals surface area (Å²) in [5, 5.41) is 2.11. The van der Waals surface area contributed by atoms with Crippen LogP contribution in [-0.4, -0.2) is 28.4 Å². The number of esters is 1. The van der Waals surface area contributed by atoms with Crippen molar-refractivity contribution >= 4 is 29.1 Å². The number of rotatable bonds is 6. The van der Waals surface area contributed by atoms with Crippen molar-refractivity contribution in [3.8, 4) is 0 Å². The summed E-state index contributed by atoms with van der Waals surface area (Å²) in [7, 11) is 0. The van der Waals surface area contributed by atoms with Crippen LogP contribution in [0.4, 0.5) is 18.9 Å². The summed E-state index contributed by atoms with van der Waals surface area (Å²) in [6, 6.07) is 12.5. The monoisotopic (exact) mass is 468 g/mol. The summed E-state index contributed by atoms with van der Waals surface area (Å²) in [5.74, 6) is -5.93. The second-order valence-electron chi connectivity index (χ2n) is 7.39. The minimum Gasteiger partial charge on any atom is -0.453 e. The Balaban J connectivity index is 1.68. The molecule has 2 atom stereocenters. The minimum atomic E-state index is -4.66. The number of ether oxygens (including phenoxy) is 1. The highest BCUT2D eigenvalue weighted by atomic mass is 19.4. The molecule has 2 heterocycles. The van der Waals surface area contributed by atoms with Gasteiger partial charge in [-0.15, -0.1) is 0 Å². The van der Waals surface area contributed by atoms with E-state index in [1.165, 1.54) is 42.7 Å². The molecule has 0 bridgehead atoms. The van der Waals surface area contributed by atoms with Gasteiger partial charge in [0, 0.05) is 29.2 Å². The molecule has 3 aromatic rings. The normalized spacial score (nSPS) is 15.7. The number of amides is 1. The van der Waals surface area contributed by atoms with Crippen LogP contribution in [0.25, 0.3) is 0 Å². The van der Waals surface area contributed by atoms with Gasteiger partial charge in [0.15, 0.2) is 5.78 Å². The highest BCUT2D eigenvalue weighted by Gasteiger charge is 2.46. The van der Waals surface area contributed by atoms with Crippen LogP contribution in [0.3, 0.4) is 0 Å². The maximum absolute atomic E-state index is 13.3. The van der Waals surface area contributed by atoms with Gasteiger partial charge in [-0.05, 0) is 36.4 Å². The lowest BCUT2D eigenvalue weighted by atomic mass is 9.85. The summed E-state index contributed by atoms with van der Waals surface area (Å²) >= 11 is 0. The number of carbonyl (C=O) groups is 4. The molecule has 0 fully saturated rings. The summed E-state index contributed by atoms with van der Waals surface area (Å²) in [4.78, 5) is 55.3. The van der Waals surface area contributed by atoms with Gasteiger partial charge in [0.25, 0.3) is 5.91 Å². The van der Waals surface area contributed by atoms with Crippen LogP contribution in [0.5, 0.6) is 0 Å². The van der Waals surface area contributed by atoms with Gasteiger partial charge in [-0.2, -0.15) is 13.2 Å². The number of anilines is 1. The molecule has 0 radical (unpaired) electrons. The Kier molecular flexibility index (Phi) is 5.97. The fraction of sp³-hybridized carbons (Fsp3) is 0.125. The van der Waals surface area contributed by atoms with E-state index in [0.717, 1.165) is 12.1 Å². The van der Waals surface area contributed by atoms with Gasteiger partial charge in [0.2, 0.25) is 5.78 Å². The minimum absolute atomic E-state index is 0.0423. The second-order valence-corrected chi connectivity index (χ2v) is 7.39. The van der Waals surface area contributed by atoms with Crippen molar-refractivity contribution < 1.29 is 37.1 Å². The van der Waals surface area contributed by atoms with E-state index in [0.29, 0.717) is 6.07 Å². The molecule has 172 valence electrons. The van der Waals surface area contributed by atoms with Crippen molar-refractivity contribution in [2.75, 3.05) is 5.32 Å². The summed E-state index contributed by atoms with van der Waals surface area (Å²) in [6.07, 6.45) is -3.42. The lowest BCUT2D eigenvalue weighted by molar-refractivity contribution is -0.138. The Bertz CT molecular complexity index is 1290. The lowest BCUT2D eigenvalue weighted by Crippen LogP contribution is -2.38. The van der Waals surface area contributed by atoms with E-state index in [-0.39, 0.29) is 22.4 Å². The molecule has 0 unspecified atom stereocenters. The Labute approximate surface area is 190 Å². The molecule has 1 N–H and O–H groups in total. The fourth-order valence-electron chi connectivity index (χ4n) is 3.62. The van der Waals surface area contributed by atoms with Crippen LogP contribution in [-0.2, 0) is 20.5 Å². The molecule has 34 heavy (non-hydrogen) atoms. The predicted octanol–water partition coefficient (Wildman–Crippen LogP) is 4.02. The van der Waals surface area contributed by atoms with E-state index < -0.39 is 47.2 Å². The number of nitrogens with zero attached hydrogens (tertiary/aromatic N) is 1. The van der Waals surface area contributed by atoms with Gasteiger partial charge in [-0.3, -0.25) is 19.4 Å². The Morgan fingerprint density at radius 1 is 0.971 bits per heavy atom. The predicted molar refractivity (Wildman–Crippen MR) is 112 cm³/mol. The van der Waals surface area contributed by atoms with E-state index in [1.54, 1.807) is 12.1 Å². The third-order valence-corrected chi connectivity index (χ3v) is 5.23. The molecular weight excluding hydrogens is 453 g/mol. The molecular formula is C24H15F3N2O5. The molecule has 1 aliphatic heterocycles. The Morgan fingerprint density at radius 3 is 2.38 bits per heavy atom. The van der Waals surface area contributed by atoms with Crippen molar-refractivity contribution in [3.05, 3.63) is 95.3 Å². The van der Waals surface area contributed by atoms with Gasteiger partial charge in [-0.25, -0.2) is 4.79 Å². The number of Topliss-reactive ketones (excluding diaryl/α,β-unsaturated/α-hetero) is 2. The largest absolute Gasteiger partial charge is 0.453 e. The zero-order valence-electron chi connectivity index (χ0n) is 17.2. The molecule has 0 aliphatic carbocycles. The van der Waals surface area contributed by atoms with Crippen LogP contribution in [0.2, 0.25) is 0 Å². The first kappa shape index (κ1) is 22.8. The molecule has 4 rings (SSSR count). The van der Waals surface area contributed by atoms with Crippen molar-refractivity contribution in [1.29, 1.82) is 0 Å². The van der Waals surface area contributed by atoms with E-state index >= 15 is 0 Å². The quantitative estimate of drug-likeness (QED) is 0.254. The first-order chi connectivity index (χ1) is 16.2. The molecule has 1 aromatic heterocycles. The van der Waals surface area contributed by atoms with E-state index in [4.69, 9.17) is 4.74 Å². The average molecular weight is 468 g/mol. The first-order valence-corrected chi connectivity index (χ1v) is 9.93. The molecule has 0 saturated carbocycles. The second kappa shape index (κ2) is 8.89. The molecule has 1 aliphatic rings. The zero-order chi connectivity index (χ0) is 24.5. The number of hydrogen-bond donors (Lipinski definition) is 1. The number of halogens is 3. The van der Waals surface area contributed by atoms with Crippen molar-refractivity contribution in [2.45, 2.75) is 12.3 Å². The maximum Gasteiger partial charge on any atom is 0.416 e. The highest BCUT2D eigenvalue weighted by Crippen LogP contribution is 2.38. The number of ketones is 2. The average Bonchev–Trinajstić information content (AvgIpc) is 3.15. The van der Waals surface area contributed by atoms with Crippen LogP contribution in [0.1, 0.15) is 37.9 Å². The van der Waals surface area contributed by atoms with Crippen LogP contribution < -0.4 is 5.32 Å². The van der Waals surface area contributed by atoms with Gasteiger partial charge in [-0.1, -0.05) is 24.3 Å². The number of hydrogen-bond acceptors (Lipinski definition) is 6. The van der Waals surface area contributed by atoms with Crippen LogP contribution >= 0.6 is 0 Å². The number of aromatic nitrogens is 1. The molecule has 0 spiro atoms. The number of alkyl halides is 3. The number of carbonyl (C=O) groups excluding carboxylic acids is 4. The third-order valence-electron chi connectivity index (χ3n) is 5.23. The molecule has 1 amide bonds. The lowest BCUT2D eigenvalue weighted by Gasteiger charge is -2.21. The third kappa shape index (κ3) is 4.42. The zero-order valence-corrected chi connectivity index (χ0v) is 17.2. The smallest absolute Gasteiger partial charge is 0.416 e. The van der Waals surface area contributed by atoms with Gasteiger partial charge in [0.1, 0.15) is 12.0 Å². The van der Waals surface area contributed by atoms with Gasteiger partial charge in [0.05, 0.1) is 11.1 Å². The standard InChI is InChI=1S/C24H15F3N2O5/c25-24(26,27)14-4-3-5-15(12-14)29-22(32)20(31)18(19(30)13-8-10-28-11-9-13)21-16-6-1-2-7-17(16)23(33)34-21/h1-12,18,21H,(H,29,32)/t18-,21+/m1/s1. The molecule has 2 aromatic carbocycles. The van der Waals surface area contributed by atoms with Crippen molar-refractivity contribution in [2.24, 2.45) is 5.92 Å². The summed E-state index contributed by atoms with van der Waals surface area (Å²) in [6.45, 7) is 0. The van der Waals surface area contributed by atoms with Crippen LogP contribution in [0, 0.1) is 5.92 Å². The molecule has 7 nitrogen and oxygen atoms in total. The number of benzene rings is 2. The SMILES string of the molecule is O=C(Nc1cccc(C(F)(F)F)c1)C(=O)[C@@H](C(=O)c1ccncc1)[C@H]1OC(=O)c2ccccc21. The summed E-state index contributed by atoms with van der Waals surface area (Å²) < 4.78 is 44.3. The maximum atomic E-state index is 13.3. The van der Waals surface area contributed by atoms with Gasteiger partial charge >= 0.3 is 12.1 Å². The number of pyridine rings is 1. The number of cyclic esters (lactones) is 1. The fourth-order valence-corrected chi connectivity index (χ4v) is 3.62. The van der Waals surface area contributed by atoms with Crippen molar-refractivity contribution in [1.82, 2.24) is 4.98 Å². The molecule has 10 heteroatoms. The van der Waals surface area contributed by atoms with E-state index in [2.05, 4.69) is 10.3 Å².